The molecule has 0 radical (unpaired) electrons. The molecule has 0 aliphatic heterocycles. The van der Waals surface area contributed by atoms with Crippen molar-refractivity contribution >= 4 is 28.7 Å². The number of rotatable bonds is 3. The Morgan fingerprint density at radius 3 is 2.82 bits per heavy atom. The van der Waals surface area contributed by atoms with E-state index in [4.69, 9.17) is 0 Å². The Kier molecular flexibility index (Phi) is 4.08. The number of hydrogen-bond donors (Lipinski definition) is 0. The highest BCUT2D eigenvalue weighted by atomic mass is 127. The summed E-state index contributed by atoms with van der Waals surface area (Å²) in [5.74, 6) is 0. The van der Waals surface area contributed by atoms with Gasteiger partial charge in [0.25, 0.3) is 5.56 Å². The molecule has 2 rings (SSSR count). The standard InChI is InChI=1S/C13H11IN2O/c14-12-9-15-10-16(13(12)17)8-4-7-11-5-2-1-3-6-11/h1-7,9-10H,8H2. The van der Waals surface area contributed by atoms with E-state index in [9.17, 15) is 4.79 Å². The van der Waals surface area contributed by atoms with E-state index in [1.165, 1.54) is 0 Å². The van der Waals surface area contributed by atoms with Crippen LogP contribution in [0, 0.1) is 3.57 Å². The molecule has 0 fully saturated rings. The first-order chi connectivity index (χ1) is 8.27. The van der Waals surface area contributed by atoms with Gasteiger partial charge in [0.15, 0.2) is 0 Å². The Balaban J connectivity index is 2.11. The molecule has 2 aromatic rings. The van der Waals surface area contributed by atoms with Crippen LogP contribution in [0.5, 0.6) is 0 Å². The zero-order valence-corrected chi connectivity index (χ0v) is 11.2. The van der Waals surface area contributed by atoms with Crippen molar-refractivity contribution in [3.63, 3.8) is 0 Å². The first-order valence-electron chi connectivity index (χ1n) is 5.19. The topological polar surface area (TPSA) is 34.9 Å². The third kappa shape index (κ3) is 3.26. The summed E-state index contributed by atoms with van der Waals surface area (Å²) in [7, 11) is 0. The Bertz CT molecular complexity index is 575. The van der Waals surface area contributed by atoms with Crippen LogP contribution in [0.15, 0.2) is 53.7 Å². The van der Waals surface area contributed by atoms with Crippen LogP contribution in [0.2, 0.25) is 0 Å². The summed E-state index contributed by atoms with van der Waals surface area (Å²) >= 11 is 1.99. The molecular weight excluding hydrogens is 327 g/mol. The first-order valence-corrected chi connectivity index (χ1v) is 6.27. The van der Waals surface area contributed by atoms with Gasteiger partial charge >= 0.3 is 0 Å². The Morgan fingerprint density at radius 1 is 1.29 bits per heavy atom. The summed E-state index contributed by atoms with van der Waals surface area (Å²) in [4.78, 5) is 15.7. The largest absolute Gasteiger partial charge is 0.294 e. The maximum atomic E-state index is 11.7. The molecule has 0 amide bonds. The Labute approximate surface area is 113 Å². The molecule has 0 N–H and O–H groups in total. The van der Waals surface area contributed by atoms with Gasteiger partial charge < -0.3 is 0 Å². The number of allylic oxidation sites excluding steroid dienone is 1. The van der Waals surface area contributed by atoms with Gasteiger partial charge in [0.05, 0.1) is 9.90 Å². The molecule has 0 bridgehead atoms. The minimum absolute atomic E-state index is 0.00156. The van der Waals surface area contributed by atoms with Crippen LogP contribution in [0.3, 0.4) is 0 Å². The van der Waals surface area contributed by atoms with E-state index in [0.717, 1.165) is 5.56 Å². The van der Waals surface area contributed by atoms with E-state index in [-0.39, 0.29) is 5.56 Å². The number of hydrogen-bond acceptors (Lipinski definition) is 2. The number of aromatic nitrogens is 2. The van der Waals surface area contributed by atoms with E-state index >= 15 is 0 Å². The Hall–Kier alpha value is -1.43. The van der Waals surface area contributed by atoms with Gasteiger partial charge in [0.2, 0.25) is 0 Å². The fourth-order valence-electron chi connectivity index (χ4n) is 1.42. The second-order valence-corrected chi connectivity index (χ2v) is 4.67. The molecule has 17 heavy (non-hydrogen) atoms. The lowest BCUT2D eigenvalue weighted by molar-refractivity contribution is 0.748. The molecule has 4 heteroatoms. The molecule has 0 aliphatic carbocycles. The number of nitrogens with zero attached hydrogens (tertiary/aromatic N) is 2. The van der Waals surface area contributed by atoms with Crippen molar-refractivity contribution in [2.24, 2.45) is 0 Å². The molecule has 0 saturated carbocycles. The monoisotopic (exact) mass is 338 g/mol. The normalized spacial score (nSPS) is 10.9. The zero-order valence-electron chi connectivity index (χ0n) is 9.08. The summed E-state index contributed by atoms with van der Waals surface area (Å²) in [6.07, 6.45) is 7.07. The minimum atomic E-state index is -0.00156. The van der Waals surface area contributed by atoms with Crippen LogP contribution in [0.4, 0.5) is 0 Å². The maximum absolute atomic E-state index is 11.7. The lowest BCUT2D eigenvalue weighted by Gasteiger charge is -2.00. The highest BCUT2D eigenvalue weighted by Crippen LogP contribution is 2.01. The number of benzene rings is 1. The molecular formula is C13H11IN2O. The van der Waals surface area contributed by atoms with E-state index in [2.05, 4.69) is 4.98 Å². The second-order valence-electron chi connectivity index (χ2n) is 3.51. The molecule has 0 spiro atoms. The molecule has 1 heterocycles. The van der Waals surface area contributed by atoms with Crippen LogP contribution >= 0.6 is 22.6 Å². The number of halogens is 1. The fraction of sp³-hybridized carbons (Fsp3) is 0.0769. The predicted octanol–water partition coefficient (Wildman–Crippen LogP) is 2.56. The van der Waals surface area contributed by atoms with Crippen molar-refractivity contribution in [3.05, 3.63) is 68.4 Å². The predicted molar refractivity (Wildman–Crippen MR) is 76.7 cm³/mol. The summed E-state index contributed by atoms with van der Waals surface area (Å²) < 4.78 is 2.22. The molecule has 3 nitrogen and oxygen atoms in total. The summed E-state index contributed by atoms with van der Waals surface area (Å²) in [6, 6.07) is 9.99. The molecule has 1 aromatic carbocycles. The average molecular weight is 338 g/mol. The van der Waals surface area contributed by atoms with Gasteiger partial charge in [-0.25, -0.2) is 4.98 Å². The van der Waals surface area contributed by atoms with Crippen LogP contribution in [0.1, 0.15) is 5.56 Å². The fourth-order valence-corrected chi connectivity index (χ4v) is 1.89. The van der Waals surface area contributed by atoms with Crippen molar-refractivity contribution in [2.75, 3.05) is 0 Å². The first kappa shape index (κ1) is 12.0. The molecule has 0 unspecified atom stereocenters. The van der Waals surface area contributed by atoms with Gasteiger partial charge in [0, 0.05) is 12.7 Å². The summed E-state index contributed by atoms with van der Waals surface area (Å²) in [5, 5.41) is 0. The van der Waals surface area contributed by atoms with E-state index in [1.54, 1.807) is 17.1 Å². The van der Waals surface area contributed by atoms with Crippen LogP contribution in [-0.4, -0.2) is 9.55 Å². The lowest BCUT2D eigenvalue weighted by Crippen LogP contribution is -2.21. The van der Waals surface area contributed by atoms with E-state index < -0.39 is 0 Å². The third-order valence-electron chi connectivity index (χ3n) is 2.27. The molecule has 0 atom stereocenters. The SMILES string of the molecule is O=c1c(I)cncn1CC=Cc1ccccc1. The summed E-state index contributed by atoms with van der Waals surface area (Å²) in [6.45, 7) is 0.539. The van der Waals surface area contributed by atoms with Gasteiger partial charge in [-0.2, -0.15) is 0 Å². The average Bonchev–Trinajstić information content (AvgIpc) is 2.36. The Morgan fingerprint density at radius 2 is 2.06 bits per heavy atom. The third-order valence-corrected chi connectivity index (χ3v) is 3.01. The molecule has 0 aliphatic rings. The second kappa shape index (κ2) is 5.77. The lowest BCUT2D eigenvalue weighted by atomic mass is 10.2. The van der Waals surface area contributed by atoms with Crippen molar-refractivity contribution in [1.82, 2.24) is 9.55 Å². The van der Waals surface area contributed by atoms with Gasteiger partial charge in [-0.1, -0.05) is 42.5 Å². The van der Waals surface area contributed by atoms with E-state index in [0.29, 0.717) is 10.1 Å². The smallest absolute Gasteiger partial charge is 0.267 e. The van der Waals surface area contributed by atoms with Crippen LogP contribution in [-0.2, 0) is 6.54 Å². The minimum Gasteiger partial charge on any atom is -0.294 e. The van der Waals surface area contributed by atoms with Crippen LogP contribution < -0.4 is 5.56 Å². The quantitative estimate of drug-likeness (QED) is 0.807. The highest BCUT2D eigenvalue weighted by Gasteiger charge is 1.97. The van der Waals surface area contributed by atoms with Crippen LogP contribution in [0.25, 0.3) is 6.08 Å². The molecule has 1 aromatic heterocycles. The van der Waals surface area contributed by atoms with Gasteiger partial charge in [-0.05, 0) is 28.2 Å². The summed E-state index contributed by atoms with van der Waals surface area (Å²) in [5.41, 5.74) is 1.12. The van der Waals surface area contributed by atoms with Gasteiger partial charge in [-0.3, -0.25) is 9.36 Å². The van der Waals surface area contributed by atoms with Crippen molar-refractivity contribution in [2.45, 2.75) is 6.54 Å². The highest BCUT2D eigenvalue weighted by molar-refractivity contribution is 14.1. The maximum Gasteiger partial charge on any atom is 0.267 e. The van der Waals surface area contributed by atoms with E-state index in [1.807, 2.05) is 65.1 Å². The van der Waals surface area contributed by atoms with Crippen molar-refractivity contribution < 1.29 is 0 Å². The van der Waals surface area contributed by atoms with Gasteiger partial charge in [-0.15, -0.1) is 0 Å². The zero-order chi connectivity index (χ0) is 12.1. The molecule has 86 valence electrons. The van der Waals surface area contributed by atoms with Crippen molar-refractivity contribution in [1.29, 1.82) is 0 Å². The molecule has 0 saturated heterocycles. The van der Waals surface area contributed by atoms with Gasteiger partial charge in [0.1, 0.15) is 0 Å². The van der Waals surface area contributed by atoms with Crippen molar-refractivity contribution in [3.8, 4) is 0 Å².